The molecule has 1 atom stereocenters. The Labute approximate surface area is 113 Å². The molecule has 1 aromatic carbocycles. The van der Waals surface area contributed by atoms with Gasteiger partial charge in [0.15, 0.2) is 11.5 Å². The van der Waals surface area contributed by atoms with Crippen molar-refractivity contribution in [2.45, 2.75) is 19.4 Å². The van der Waals surface area contributed by atoms with Crippen molar-refractivity contribution in [3.05, 3.63) is 18.2 Å². The van der Waals surface area contributed by atoms with Gasteiger partial charge in [0.2, 0.25) is 6.79 Å². The quantitative estimate of drug-likeness (QED) is 0.778. The summed E-state index contributed by atoms with van der Waals surface area (Å²) in [6.45, 7) is 4.56. The van der Waals surface area contributed by atoms with Gasteiger partial charge in [0, 0.05) is 13.2 Å². The van der Waals surface area contributed by atoms with Crippen LogP contribution in [-0.2, 0) is 4.74 Å². The molecule has 0 saturated heterocycles. The highest BCUT2D eigenvalue weighted by Crippen LogP contribution is 2.35. The van der Waals surface area contributed by atoms with Crippen LogP contribution in [0.2, 0.25) is 0 Å². The lowest BCUT2D eigenvalue weighted by Gasteiger charge is -2.18. The number of methoxy groups -OCH3 is 1. The molecule has 0 aromatic heterocycles. The van der Waals surface area contributed by atoms with Crippen LogP contribution in [0.25, 0.3) is 0 Å². The van der Waals surface area contributed by atoms with E-state index in [0.29, 0.717) is 13.2 Å². The molecule has 1 aliphatic rings. The molecule has 1 aliphatic heterocycles. The van der Waals surface area contributed by atoms with Crippen LogP contribution in [0.5, 0.6) is 17.2 Å². The zero-order valence-corrected chi connectivity index (χ0v) is 11.5. The van der Waals surface area contributed by atoms with Gasteiger partial charge < -0.3 is 24.3 Å². The highest BCUT2D eigenvalue weighted by molar-refractivity contribution is 5.46. The summed E-state index contributed by atoms with van der Waals surface area (Å²) in [5, 5.41) is 3.39. The van der Waals surface area contributed by atoms with Gasteiger partial charge in [-0.15, -0.1) is 0 Å². The van der Waals surface area contributed by atoms with Crippen molar-refractivity contribution in [2.24, 2.45) is 0 Å². The molecular formula is C14H21NO4. The maximum absolute atomic E-state index is 5.76. The maximum Gasteiger partial charge on any atom is 0.231 e. The lowest BCUT2D eigenvalue weighted by Crippen LogP contribution is -2.38. The highest BCUT2D eigenvalue weighted by atomic mass is 16.7. The number of hydrogen-bond acceptors (Lipinski definition) is 5. The molecule has 1 aromatic rings. The van der Waals surface area contributed by atoms with Gasteiger partial charge in [-0.05, 0) is 25.1 Å². The predicted molar refractivity (Wildman–Crippen MR) is 72.0 cm³/mol. The monoisotopic (exact) mass is 267 g/mol. The van der Waals surface area contributed by atoms with Crippen molar-refractivity contribution in [2.75, 3.05) is 33.7 Å². The summed E-state index contributed by atoms with van der Waals surface area (Å²) in [6, 6.07) is 5.79. The molecule has 0 radical (unpaired) electrons. The third-order valence-corrected chi connectivity index (χ3v) is 2.85. The van der Waals surface area contributed by atoms with Crippen LogP contribution >= 0.6 is 0 Å². The molecule has 0 amide bonds. The first-order valence-electron chi connectivity index (χ1n) is 6.58. The molecule has 2 rings (SSSR count). The molecule has 1 N–H and O–H groups in total. The van der Waals surface area contributed by atoms with E-state index in [1.165, 1.54) is 0 Å². The number of fused-ring (bicyclic) bond motifs is 1. The van der Waals surface area contributed by atoms with Crippen LogP contribution in [0.1, 0.15) is 13.3 Å². The second-order valence-electron chi connectivity index (χ2n) is 4.43. The summed E-state index contributed by atoms with van der Waals surface area (Å²) < 4.78 is 21.5. The minimum atomic E-state index is 0.190. The molecule has 106 valence electrons. The van der Waals surface area contributed by atoms with E-state index in [9.17, 15) is 0 Å². The maximum atomic E-state index is 5.76. The Balaban J connectivity index is 1.85. The Morgan fingerprint density at radius 1 is 1.26 bits per heavy atom. The predicted octanol–water partition coefficient (Wildman–Crippen LogP) is 1.81. The van der Waals surface area contributed by atoms with Gasteiger partial charge >= 0.3 is 0 Å². The van der Waals surface area contributed by atoms with Crippen LogP contribution < -0.4 is 19.5 Å². The van der Waals surface area contributed by atoms with Crippen LogP contribution in [0.3, 0.4) is 0 Å². The van der Waals surface area contributed by atoms with Crippen molar-refractivity contribution in [1.82, 2.24) is 5.32 Å². The molecule has 1 unspecified atom stereocenters. The Morgan fingerprint density at radius 2 is 2.11 bits per heavy atom. The fourth-order valence-electron chi connectivity index (χ4n) is 1.88. The topological polar surface area (TPSA) is 49.0 Å². The van der Waals surface area contributed by atoms with E-state index in [-0.39, 0.29) is 12.8 Å². The fourth-order valence-corrected chi connectivity index (χ4v) is 1.88. The van der Waals surface area contributed by atoms with Crippen molar-refractivity contribution in [3.63, 3.8) is 0 Å². The second-order valence-corrected chi connectivity index (χ2v) is 4.43. The van der Waals surface area contributed by atoms with E-state index >= 15 is 0 Å². The van der Waals surface area contributed by atoms with Gasteiger partial charge in [-0.3, -0.25) is 0 Å². The van der Waals surface area contributed by atoms with Gasteiger partial charge in [-0.25, -0.2) is 0 Å². The number of rotatable bonds is 8. The number of benzene rings is 1. The first-order valence-corrected chi connectivity index (χ1v) is 6.58. The summed E-state index contributed by atoms with van der Waals surface area (Å²) in [5.41, 5.74) is 0. The summed E-state index contributed by atoms with van der Waals surface area (Å²) in [5.74, 6) is 2.29. The van der Waals surface area contributed by atoms with E-state index in [4.69, 9.17) is 18.9 Å². The third kappa shape index (κ3) is 4.01. The van der Waals surface area contributed by atoms with Crippen molar-refractivity contribution in [1.29, 1.82) is 0 Å². The molecule has 5 heteroatoms. The number of hydrogen-bond donors (Lipinski definition) is 1. The SMILES string of the molecule is CCCNC(COC)COc1ccc2c(c1)OCO2. The molecule has 19 heavy (non-hydrogen) atoms. The smallest absolute Gasteiger partial charge is 0.231 e. The molecule has 0 bridgehead atoms. The molecule has 1 heterocycles. The minimum Gasteiger partial charge on any atom is -0.492 e. The lowest BCUT2D eigenvalue weighted by atomic mass is 10.3. The molecule has 0 aliphatic carbocycles. The van der Waals surface area contributed by atoms with Crippen molar-refractivity contribution < 1.29 is 18.9 Å². The minimum absolute atomic E-state index is 0.190. The molecule has 5 nitrogen and oxygen atoms in total. The first-order chi connectivity index (χ1) is 9.33. The standard InChI is InChI=1S/C14H21NO4/c1-3-6-15-11(8-16-2)9-17-12-4-5-13-14(7-12)19-10-18-13/h4-5,7,11,15H,3,6,8-10H2,1-2H3. The Morgan fingerprint density at radius 3 is 2.89 bits per heavy atom. The zero-order valence-electron chi connectivity index (χ0n) is 11.5. The van der Waals surface area contributed by atoms with Crippen LogP contribution in [-0.4, -0.2) is 39.7 Å². The van der Waals surface area contributed by atoms with Gasteiger partial charge in [-0.2, -0.15) is 0 Å². The molecule has 0 spiro atoms. The van der Waals surface area contributed by atoms with Crippen molar-refractivity contribution >= 4 is 0 Å². The van der Waals surface area contributed by atoms with Gasteiger partial charge in [0.05, 0.1) is 12.6 Å². The number of nitrogens with one attached hydrogen (secondary N) is 1. The third-order valence-electron chi connectivity index (χ3n) is 2.85. The fraction of sp³-hybridized carbons (Fsp3) is 0.571. The number of ether oxygens (including phenoxy) is 4. The van der Waals surface area contributed by atoms with Gasteiger partial charge in [0.1, 0.15) is 12.4 Å². The van der Waals surface area contributed by atoms with E-state index in [1.54, 1.807) is 7.11 Å². The zero-order chi connectivity index (χ0) is 13.5. The lowest BCUT2D eigenvalue weighted by molar-refractivity contribution is 0.136. The van der Waals surface area contributed by atoms with Crippen LogP contribution in [0, 0.1) is 0 Å². The summed E-state index contributed by atoms with van der Waals surface area (Å²) >= 11 is 0. The molecule has 0 fully saturated rings. The van der Waals surface area contributed by atoms with E-state index < -0.39 is 0 Å². The van der Waals surface area contributed by atoms with E-state index in [0.717, 1.165) is 30.2 Å². The van der Waals surface area contributed by atoms with E-state index in [2.05, 4.69) is 12.2 Å². The Kier molecular flexibility index (Phi) is 5.30. The van der Waals surface area contributed by atoms with Gasteiger partial charge in [-0.1, -0.05) is 6.92 Å². The van der Waals surface area contributed by atoms with E-state index in [1.807, 2.05) is 18.2 Å². The molecule has 0 saturated carbocycles. The van der Waals surface area contributed by atoms with Gasteiger partial charge in [0.25, 0.3) is 0 Å². The first kappa shape index (κ1) is 14.0. The normalized spacial score (nSPS) is 14.4. The Bertz CT molecular complexity index is 397. The average molecular weight is 267 g/mol. The highest BCUT2D eigenvalue weighted by Gasteiger charge is 2.14. The Hall–Kier alpha value is -1.46. The van der Waals surface area contributed by atoms with Crippen molar-refractivity contribution in [3.8, 4) is 17.2 Å². The second kappa shape index (κ2) is 7.21. The summed E-state index contributed by atoms with van der Waals surface area (Å²) in [4.78, 5) is 0. The average Bonchev–Trinajstić information content (AvgIpc) is 2.89. The molecular weight excluding hydrogens is 246 g/mol. The largest absolute Gasteiger partial charge is 0.492 e. The van der Waals surface area contributed by atoms with Crippen LogP contribution in [0.4, 0.5) is 0 Å². The summed E-state index contributed by atoms with van der Waals surface area (Å²) in [6.07, 6.45) is 1.09. The summed E-state index contributed by atoms with van der Waals surface area (Å²) in [7, 11) is 1.70. The van der Waals surface area contributed by atoms with Crippen LogP contribution in [0.15, 0.2) is 18.2 Å².